The number of rotatable bonds is 5. The lowest BCUT2D eigenvalue weighted by Gasteiger charge is -2.05. The number of hydrogen-bond acceptors (Lipinski definition) is 5. The van der Waals surface area contributed by atoms with E-state index in [0.29, 0.717) is 23.6 Å². The van der Waals surface area contributed by atoms with E-state index in [2.05, 4.69) is 36.3 Å². The van der Waals surface area contributed by atoms with Crippen LogP contribution in [0, 0.1) is 6.92 Å². The summed E-state index contributed by atoms with van der Waals surface area (Å²) in [6, 6.07) is 9.80. The molecule has 1 N–H and O–H groups in total. The van der Waals surface area contributed by atoms with E-state index in [0.717, 1.165) is 15.7 Å². The van der Waals surface area contributed by atoms with Gasteiger partial charge in [0.2, 0.25) is 5.78 Å². The summed E-state index contributed by atoms with van der Waals surface area (Å²) in [5.41, 5.74) is 2.82. The molecule has 0 amide bonds. The molecule has 122 valence electrons. The first-order chi connectivity index (χ1) is 11.6. The molecule has 0 aliphatic carbocycles. The number of aromatic nitrogens is 4. The molecule has 0 fully saturated rings. The van der Waals surface area contributed by atoms with Crippen LogP contribution in [0.25, 0.3) is 0 Å². The second-order valence-electron chi connectivity index (χ2n) is 5.32. The zero-order valence-corrected chi connectivity index (χ0v) is 14.9. The Labute approximate surface area is 148 Å². The van der Waals surface area contributed by atoms with Crippen LogP contribution in [0.5, 0.6) is 0 Å². The lowest BCUT2D eigenvalue weighted by Crippen LogP contribution is -2.10. The molecule has 0 unspecified atom stereocenters. The van der Waals surface area contributed by atoms with Gasteiger partial charge in [0, 0.05) is 23.4 Å². The molecule has 0 spiro atoms. The second kappa shape index (κ2) is 6.92. The van der Waals surface area contributed by atoms with Crippen molar-refractivity contribution in [1.82, 2.24) is 19.7 Å². The maximum absolute atomic E-state index is 12.7. The number of halogens is 1. The van der Waals surface area contributed by atoms with Crippen molar-refractivity contribution in [1.29, 1.82) is 0 Å². The molecule has 3 aromatic rings. The largest absolute Gasteiger partial charge is 0.372 e. The molecule has 6 nitrogen and oxygen atoms in total. The summed E-state index contributed by atoms with van der Waals surface area (Å²) in [7, 11) is 1.72. The molecular formula is C17H16BrN5O. The third-order valence-corrected chi connectivity index (χ3v) is 4.12. The Morgan fingerprint density at radius 2 is 2.17 bits per heavy atom. The molecule has 0 aliphatic heterocycles. The first-order valence-corrected chi connectivity index (χ1v) is 8.19. The Balaban J connectivity index is 1.89. The fourth-order valence-electron chi connectivity index (χ4n) is 2.42. The van der Waals surface area contributed by atoms with Crippen LogP contribution < -0.4 is 5.32 Å². The summed E-state index contributed by atoms with van der Waals surface area (Å²) in [6.07, 6.45) is 2.91. The summed E-state index contributed by atoms with van der Waals surface area (Å²) in [4.78, 5) is 20.7. The predicted molar refractivity (Wildman–Crippen MR) is 95.2 cm³/mol. The van der Waals surface area contributed by atoms with Gasteiger partial charge in [-0.25, -0.2) is 9.97 Å². The van der Waals surface area contributed by atoms with Crippen molar-refractivity contribution in [3.8, 4) is 0 Å². The minimum absolute atomic E-state index is 0.198. The van der Waals surface area contributed by atoms with E-state index < -0.39 is 0 Å². The maximum atomic E-state index is 12.7. The molecule has 2 heterocycles. The van der Waals surface area contributed by atoms with Crippen molar-refractivity contribution < 1.29 is 4.79 Å². The quantitative estimate of drug-likeness (QED) is 0.683. The number of benzene rings is 1. The summed E-state index contributed by atoms with van der Waals surface area (Å²) in [6.45, 7) is 2.53. The van der Waals surface area contributed by atoms with E-state index in [-0.39, 0.29) is 5.78 Å². The van der Waals surface area contributed by atoms with Gasteiger partial charge in [0.05, 0.1) is 12.1 Å². The van der Waals surface area contributed by atoms with Gasteiger partial charge >= 0.3 is 0 Å². The molecule has 0 bridgehead atoms. The van der Waals surface area contributed by atoms with E-state index in [4.69, 9.17) is 0 Å². The van der Waals surface area contributed by atoms with Gasteiger partial charge in [-0.1, -0.05) is 28.1 Å². The molecule has 2 aromatic heterocycles. The summed E-state index contributed by atoms with van der Waals surface area (Å²) < 4.78 is 2.83. The van der Waals surface area contributed by atoms with Gasteiger partial charge in [0.1, 0.15) is 17.8 Å². The number of hydrogen-bond donors (Lipinski definition) is 1. The lowest BCUT2D eigenvalue weighted by atomic mass is 10.1. The minimum Gasteiger partial charge on any atom is -0.372 e. The van der Waals surface area contributed by atoms with E-state index >= 15 is 0 Å². The molecule has 3 rings (SSSR count). The van der Waals surface area contributed by atoms with Crippen LogP contribution in [-0.4, -0.2) is 32.6 Å². The lowest BCUT2D eigenvalue weighted by molar-refractivity contribution is 0.103. The van der Waals surface area contributed by atoms with E-state index in [1.165, 1.54) is 12.5 Å². The predicted octanol–water partition coefficient (Wildman–Crippen LogP) is 3.07. The van der Waals surface area contributed by atoms with Crippen molar-refractivity contribution in [3.63, 3.8) is 0 Å². The maximum Gasteiger partial charge on any atom is 0.218 e. The monoisotopic (exact) mass is 385 g/mol. The molecule has 0 aliphatic rings. The fourth-order valence-corrected chi connectivity index (χ4v) is 2.87. The number of carbonyl (C=O) groups excluding carboxylic acids is 1. The van der Waals surface area contributed by atoms with Crippen molar-refractivity contribution in [2.75, 3.05) is 12.4 Å². The fraction of sp³-hybridized carbons (Fsp3) is 0.176. The average Bonchev–Trinajstić information content (AvgIpc) is 2.95. The molecule has 0 saturated carbocycles. The highest BCUT2D eigenvalue weighted by molar-refractivity contribution is 9.10. The summed E-state index contributed by atoms with van der Waals surface area (Å²) in [5, 5.41) is 7.36. The Kier molecular flexibility index (Phi) is 4.71. The van der Waals surface area contributed by atoms with Crippen LogP contribution in [0.2, 0.25) is 0 Å². The van der Waals surface area contributed by atoms with Gasteiger partial charge in [-0.3, -0.25) is 9.48 Å². The van der Waals surface area contributed by atoms with Crippen molar-refractivity contribution in [2.45, 2.75) is 13.5 Å². The van der Waals surface area contributed by atoms with Gasteiger partial charge in [0.25, 0.3) is 0 Å². The number of nitrogens with zero attached hydrogens (tertiary/aromatic N) is 4. The van der Waals surface area contributed by atoms with E-state index in [1.54, 1.807) is 13.1 Å². The summed E-state index contributed by atoms with van der Waals surface area (Å²) in [5.74, 6) is 0.297. The minimum atomic E-state index is -0.198. The zero-order chi connectivity index (χ0) is 17.1. The van der Waals surface area contributed by atoms with Crippen molar-refractivity contribution >= 4 is 27.5 Å². The molecule has 7 heteroatoms. The topological polar surface area (TPSA) is 72.7 Å². The molecule has 0 saturated heterocycles. The number of carbonyl (C=O) groups is 1. The van der Waals surface area contributed by atoms with E-state index in [9.17, 15) is 4.79 Å². The Morgan fingerprint density at radius 1 is 1.33 bits per heavy atom. The first-order valence-electron chi connectivity index (χ1n) is 7.40. The Bertz CT molecular complexity index is 890. The van der Waals surface area contributed by atoms with Gasteiger partial charge in [-0.05, 0) is 30.7 Å². The van der Waals surface area contributed by atoms with Gasteiger partial charge in [-0.15, -0.1) is 0 Å². The SMILES string of the molecule is CNc1ncncc1C(=O)c1cc(C)n(Cc2cccc(Br)c2)n1. The summed E-state index contributed by atoms with van der Waals surface area (Å²) >= 11 is 3.46. The third kappa shape index (κ3) is 3.35. The normalized spacial score (nSPS) is 10.6. The number of nitrogens with one attached hydrogen (secondary N) is 1. The van der Waals surface area contributed by atoms with E-state index in [1.807, 2.05) is 35.9 Å². The molecule has 0 radical (unpaired) electrons. The highest BCUT2D eigenvalue weighted by atomic mass is 79.9. The zero-order valence-electron chi connectivity index (χ0n) is 13.3. The molecule has 0 atom stereocenters. The van der Waals surface area contributed by atoms with Crippen molar-refractivity contribution in [2.24, 2.45) is 0 Å². The van der Waals surface area contributed by atoms with Crippen LogP contribution in [0.15, 0.2) is 47.3 Å². The number of ketones is 1. The number of anilines is 1. The smallest absolute Gasteiger partial charge is 0.218 e. The van der Waals surface area contributed by atoms with Crippen LogP contribution in [0.4, 0.5) is 5.82 Å². The first kappa shape index (κ1) is 16.3. The molecule has 1 aromatic carbocycles. The van der Waals surface area contributed by atoms with Crippen molar-refractivity contribution in [3.05, 3.63) is 69.8 Å². The van der Waals surface area contributed by atoms with Gasteiger partial charge in [0.15, 0.2) is 0 Å². The second-order valence-corrected chi connectivity index (χ2v) is 6.24. The number of aryl methyl sites for hydroxylation is 1. The Morgan fingerprint density at radius 3 is 2.92 bits per heavy atom. The highest BCUT2D eigenvalue weighted by Gasteiger charge is 2.18. The molecular weight excluding hydrogens is 370 g/mol. The van der Waals surface area contributed by atoms with Crippen LogP contribution in [0.3, 0.4) is 0 Å². The van der Waals surface area contributed by atoms with Crippen LogP contribution >= 0.6 is 15.9 Å². The third-order valence-electron chi connectivity index (χ3n) is 3.63. The Hall–Kier alpha value is -2.54. The molecule has 24 heavy (non-hydrogen) atoms. The van der Waals surface area contributed by atoms with Gasteiger partial charge < -0.3 is 5.32 Å². The highest BCUT2D eigenvalue weighted by Crippen LogP contribution is 2.17. The van der Waals surface area contributed by atoms with Crippen LogP contribution in [-0.2, 0) is 6.54 Å². The van der Waals surface area contributed by atoms with Gasteiger partial charge in [-0.2, -0.15) is 5.10 Å². The average molecular weight is 386 g/mol. The standard InChI is InChI=1S/C17H16BrN5O/c1-11-6-15(16(24)14-8-20-10-21-17(14)19-2)22-23(11)9-12-4-3-5-13(18)7-12/h3-8,10H,9H2,1-2H3,(H,19,20,21). The van der Waals surface area contributed by atoms with Crippen LogP contribution in [0.1, 0.15) is 27.3 Å².